The monoisotopic (exact) mass is 253 g/mol. The molecule has 17 heavy (non-hydrogen) atoms. The SMILES string of the molecule is CC=C[SiH](CCC)CCC=NCCCCCC. The zero-order valence-corrected chi connectivity index (χ0v) is 13.3. The van der Waals surface area contributed by atoms with E-state index in [4.69, 9.17) is 0 Å². The molecule has 0 rings (SSSR count). The highest BCUT2D eigenvalue weighted by molar-refractivity contribution is 6.64. The van der Waals surface area contributed by atoms with Crippen molar-refractivity contribution in [3.63, 3.8) is 0 Å². The van der Waals surface area contributed by atoms with Crippen LogP contribution >= 0.6 is 0 Å². The van der Waals surface area contributed by atoms with Gasteiger partial charge in [0.2, 0.25) is 0 Å². The fourth-order valence-corrected chi connectivity index (χ4v) is 4.62. The number of unbranched alkanes of at least 4 members (excludes halogenated alkanes) is 3. The van der Waals surface area contributed by atoms with Crippen LogP contribution in [0.15, 0.2) is 16.8 Å². The molecule has 2 heteroatoms. The first kappa shape index (κ1) is 16.6. The van der Waals surface area contributed by atoms with E-state index in [1.807, 2.05) is 0 Å². The molecule has 0 aromatic rings. The predicted octanol–water partition coefficient (Wildman–Crippen LogP) is 4.78. The fraction of sp³-hybridized carbons (Fsp3) is 0.800. The van der Waals surface area contributed by atoms with Crippen molar-refractivity contribution >= 4 is 15.0 Å². The molecular formula is C15H31NSi. The molecule has 0 fully saturated rings. The lowest BCUT2D eigenvalue weighted by molar-refractivity contribution is 0.675. The van der Waals surface area contributed by atoms with Crippen LogP contribution in [0.2, 0.25) is 12.1 Å². The summed E-state index contributed by atoms with van der Waals surface area (Å²) >= 11 is 0. The first-order valence-corrected chi connectivity index (χ1v) is 9.76. The van der Waals surface area contributed by atoms with Crippen molar-refractivity contribution in [3.8, 4) is 0 Å². The van der Waals surface area contributed by atoms with E-state index in [-0.39, 0.29) is 0 Å². The highest BCUT2D eigenvalue weighted by atomic mass is 28.3. The van der Waals surface area contributed by atoms with E-state index in [0.717, 1.165) is 6.54 Å². The second-order valence-corrected chi connectivity index (χ2v) is 7.86. The van der Waals surface area contributed by atoms with E-state index in [0.29, 0.717) is 0 Å². The van der Waals surface area contributed by atoms with Crippen LogP contribution in [0.5, 0.6) is 0 Å². The number of rotatable bonds is 11. The minimum Gasteiger partial charge on any atom is -0.298 e. The maximum Gasteiger partial charge on any atom is 0.0614 e. The summed E-state index contributed by atoms with van der Waals surface area (Å²) in [5.74, 6) is 0. The maximum absolute atomic E-state index is 4.51. The molecule has 0 saturated heterocycles. The molecular weight excluding hydrogens is 222 g/mol. The number of hydrogen-bond acceptors (Lipinski definition) is 1. The lowest BCUT2D eigenvalue weighted by Gasteiger charge is -2.06. The Hall–Kier alpha value is -0.373. The zero-order valence-electron chi connectivity index (χ0n) is 12.1. The average Bonchev–Trinajstić information content (AvgIpc) is 2.33. The topological polar surface area (TPSA) is 12.4 Å². The van der Waals surface area contributed by atoms with Gasteiger partial charge in [0.15, 0.2) is 0 Å². The van der Waals surface area contributed by atoms with Crippen molar-refractivity contribution in [3.05, 3.63) is 11.8 Å². The largest absolute Gasteiger partial charge is 0.298 e. The van der Waals surface area contributed by atoms with E-state index in [9.17, 15) is 0 Å². The van der Waals surface area contributed by atoms with Crippen molar-refractivity contribution in [1.29, 1.82) is 0 Å². The minimum absolute atomic E-state index is 0.576. The summed E-state index contributed by atoms with van der Waals surface area (Å²) in [4.78, 5) is 4.51. The third kappa shape index (κ3) is 11.9. The van der Waals surface area contributed by atoms with Crippen LogP contribution in [-0.2, 0) is 0 Å². The first-order valence-electron chi connectivity index (χ1n) is 7.46. The first-order chi connectivity index (χ1) is 8.35. The Morgan fingerprint density at radius 2 is 1.82 bits per heavy atom. The van der Waals surface area contributed by atoms with Gasteiger partial charge in [0, 0.05) is 6.54 Å². The van der Waals surface area contributed by atoms with Gasteiger partial charge in [-0.3, -0.25) is 4.99 Å². The van der Waals surface area contributed by atoms with Crippen LogP contribution in [0.1, 0.15) is 59.3 Å². The second kappa shape index (κ2) is 13.7. The van der Waals surface area contributed by atoms with Crippen LogP contribution in [0, 0.1) is 0 Å². The third-order valence-corrected chi connectivity index (χ3v) is 6.38. The summed E-state index contributed by atoms with van der Waals surface area (Å²) in [6, 6.07) is 2.85. The average molecular weight is 254 g/mol. The van der Waals surface area contributed by atoms with E-state index in [1.165, 1.54) is 50.6 Å². The highest BCUT2D eigenvalue weighted by Gasteiger charge is 2.03. The van der Waals surface area contributed by atoms with Gasteiger partial charge in [-0.2, -0.15) is 0 Å². The Kier molecular flexibility index (Phi) is 13.4. The standard InChI is InChI=1S/C15H31NSi/c1-4-7-8-9-11-16-12-10-15-17(13-5-2)14-6-3/h5,12-13,17H,4,6-11,14-15H2,1-3H3. The van der Waals surface area contributed by atoms with Gasteiger partial charge < -0.3 is 0 Å². The Morgan fingerprint density at radius 3 is 2.47 bits per heavy atom. The Bertz CT molecular complexity index is 199. The molecule has 0 aliphatic heterocycles. The van der Waals surface area contributed by atoms with Gasteiger partial charge in [-0.25, -0.2) is 0 Å². The molecule has 0 aromatic carbocycles. The molecule has 100 valence electrons. The third-order valence-electron chi connectivity index (χ3n) is 3.06. The molecule has 0 radical (unpaired) electrons. The Labute approximate surface area is 110 Å². The molecule has 1 unspecified atom stereocenters. The quantitative estimate of drug-likeness (QED) is 0.285. The molecule has 0 aliphatic rings. The van der Waals surface area contributed by atoms with E-state index >= 15 is 0 Å². The zero-order chi connectivity index (χ0) is 12.8. The van der Waals surface area contributed by atoms with Gasteiger partial charge in [-0.1, -0.05) is 57.7 Å². The molecule has 0 heterocycles. The molecule has 0 aromatic heterocycles. The summed E-state index contributed by atoms with van der Waals surface area (Å²) in [6.07, 6.45) is 12.3. The highest BCUT2D eigenvalue weighted by Crippen LogP contribution is 2.07. The molecule has 0 aliphatic carbocycles. The Balaban J connectivity index is 3.48. The van der Waals surface area contributed by atoms with Gasteiger partial charge in [0.25, 0.3) is 0 Å². The van der Waals surface area contributed by atoms with Gasteiger partial charge in [-0.05, 0) is 26.0 Å². The normalized spacial score (nSPS) is 13.8. The van der Waals surface area contributed by atoms with Crippen LogP contribution in [0.3, 0.4) is 0 Å². The van der Waals surface area contributed by atoms with Crippen LogP contribution in [0.25, 0.3) is 0 Å². The van der Waals surface area contributed by atoms with Crippen LogP contribution in [-0.4, -0.2) is 21.6 Å². The number of hydrogen-bond donors (Lipinski definition) is 0. The lowest BCUT2D eigenvalue weighted by atomic mass is 10.2. The van der Waals surface area contributed by atoms with E-state index in [1.54, 1.807) is 0 Å². The number of aliphatic imine (C=N–C) groups is 1. The van der Waals surface area contributed by atoms with Crippen molar-refractivity contribution in [1.82, 2.24) is 0 Å². The van der Waals surface area contributed by atoms with Gasteiger partial charge in [-0.15, -0.1) is 5.70 Å². The molecule has 0 N–H and O–H groups in total. The summed E-state index contributed by atoms with van der Waals surface area (Å²) < 4.78 is 0. The van der Waals surface area contributed by atoms with Crippen LogP contribution in [0.4, 0.5) is 0 Å². The molecule has 0 saturated carbocycles. The smallest absolute Gasteiger partial charge is 0.0614 e. The molecule has 0 spiro atoms. The summed E-state index contributed by atoms with van der Waals surface area (Å²) in [6.45, 7) is 7.75. The van der Waals surface area contributed by atoms with Gasteiger partial charge in [0.05, 0.1) is 8.80 Å². The van der Waals surface area contributed by atoms with Crippen molar-refractivity contribution in [2.75, 3.05) is 6.54 Å². The number of nitrogens with zero attached hydrogens (tertiary/aromatic N) is 1. The van der Waals surface area contributed by atoms with E-state index in [2.05, 4.69) is 43.8 Å². The maximum atomic E-state index is 4.51. The fourth-order valence-electron chi connectivity index (χ4n) is 2.08. The summed E-state index contributed by atoms with van der Waals surface area (Å²) in [7, 11) is -0.576. The lowest BCUT2D eigenvalue weighted by Crippen LogP contribution is -2.08. The van der Waals surface area contributed by atoms with Crippen molar-refractivity contribution in [2.45, 2.75) is 71.4 Å². The van der Waals surface area contributed by atoms with Gasteiger partial charge in [0.1, 0.15) is 0 Å². The molecule has 1 atom stereocenters. The summed E-state index contributed by atoms with van der Waals surface area (Å²) in [5.41, 5.74) is 2.48. The number of allylic oxidation sites excluding steroid dienone is 1. The minimum atomic E-state index is -0.576. The molecule has 1 nitrogen and oxygen atoms in total. The molecule has 0 amide bonds. The van der Waals surface area contributed by atoms with Crippen molar-refractivity contribution in [2.24, 2.45) is 4.99 Å². The van der Waals surface area contributed by atoms with Gasteiger partial charge >= 0.3 is 0 Å². The Morgan fingerprint density at radius 1 is 1.00 bits per heavy atom. The van der Waals surface area contributed by atoms with Crippen LogP contribution < -0.4 is 0 Å². The second-order valence-electron chi connectivity index (χ2n) is 4.80. The van der Waals surface area contributed by atoms with E-state index < -0.39 is 8.80 Å². The summed E-state index contributed by atoms with van der Waals surface area (Å²) in [5, 5.41) is 0. The molecule has 0 bridgehead atoms. The predicted molar refractivity (Wildman–Crippen MR) is 84.0 cm³/mol. The van der Waals surface area contributed by atoms with Crippen molar-refractivity contribution < 1.29 is 0 Å².